The van der Waals surface area contributed by atoms with Crippen LogP contribution < -0.4 is 28.4 Å². The quantitative estimate of drug-likeness (QED) is 0.0664. The van der Waals surface area contributed by atoms with E-state index in [1.54, 1.807) is 36.4 Å². The lowest BCUT2D eigenvalue weighted by Gasteiger charge is -2.14. The van der Waals surface area contributed by atoms with E-state index >= 15 is 0 Å². The molecule has 0 amide bonds. The largest absolute Gasteiger partial charge is 0.494 e. The first kappa shape index (κ1) is 35.0. The lowest BCUT2D eigenvalue weighted by Crippen LogP contribution is -2.05. The first-order chi connectivity index (χ1) is 23.6. The highest BCUT2D eigenvalue weighted by atomic mass is 16.5. The van der Waals surface area contributed by atoms with Gasteiger partial charge in [-0.3, -0.25) is 0 Å². The summed E-state index contributed by atoms with van der Waals surface area (Å²) in [5.41, 5.74) is 1.78. The predicted octanol–water partition coefficient (Wildman–Crippen LogP) is 10.1. The van der Waals surface area contributed by atoms with Crippen molar-refractivity contribution in [1.82, 2.24) is 0 Å². The number of nitrogens with zero attached hydrogens (tertiary/aromatic N) is 3. The number of hydrogen-bond acceptors (Lipinski definition) is 6. The molecule has 0 unspecified atom stereocenters. The van der Waals surface area contributed by atoms with E-state index in [2.05, 4.69) is 14.5 Å². The van der Waals surface area contributed by atoms with Crippen molar-refractivity contribution >= 4 is 17.1 Å². The van der Waals surface area contributed by atoms with Crippen molar-refractivity contribution in [2.24, 2.45) is 0 Å². The summed E-state index contributed by atoms with van der Waals surface area (Å²) in [5.74, 6) is 4.28. The van der Waals surface area contributed by atoms with E-state index in [1.807, 2.05) is 54.6 Å². The summed E-state index contributed by atoms with van der Waals surface area (Å²) in [4.78, 5) is 10.2. The normalized spacial score (nSPS) is 10.2. The van der Waals surface area contributed by atoms with Crippen LogP contribution in [0.3, 0.4) is 0 Å². The van der Waals surface area contributed by atoms with Crippen molar-refractivity contribution in [2.45, 2.75) is 38.5 Å². The fraction of sp³-hybridized carbons (Fsp3) is 0.308. The zero-order valence-corrected chi connectivity index (χ0v) is 26.9. The molecule has 48 heavy (non-hydrogen) atoms. The zero-order chi connectivity index (χ0) is 33.7. The van der Waals surface area contributed by atoms with Gasteiger partial charge >= 0.3 is 0 Å². The topological polar surface area (TPSA) is 68.5 Å². The first-order valence-electron chi connectivity index (χ1n) is 16.0. The van der Waals surface area contributed by atoms with Gasteiger partial charge in [-0.15, -0.1) is 0 Å². The standard InChI is InChI=1S/C39H39N3O6/c1-40-31-10-16-34(17-11-31)43-22-4-7-25-46-37-28-38(47-26-8-5-23-44-35-18-12-32(41-2)13-19-35)30-39(29-37)48-27-9-6-24-45-36-20-14-33(42-3)15-21-36/h10-21,28-30H,4-9,22-27H2. The molecule has 0 atom stereocenters. The smallest absolute Gasteiger partial charge is 0.187 e. The molecule has 0 aromatic heterocycles. The summed E-state index contributed by atoms with van der Waals surface area (Å²) in [6.45, 7) is 24.4. The average Bonchev–Trinajstić information content (AvgIpc) is 3.13. The van der Waals surface area contributed by atoms with Crippen LogP contribution in [0.1, 0.15) is 38.5 Å². The molecule has 0 saturated heterocycles. The Kier molecular flexibility index (Phi) is 14.8. The van der Waals surface area contributed by atoms with E-state index in [1.165, 1.54) is 0 Å². The molecule has 0 heterocycles. The summed E-state index contributed by atoms with van der Waals surface area (Å²) in [7, 11) is 0. The molecule has 4 rings (SSSR count). The summed E-state index contributed by atoms with van der Waals surface area (Å²) in [5, 5.41) is 0. The number of benzene rings is 4. The Labute approximate surface area is 283 Å². The monoisotopic (exact) mass is 645 g/mol. The fourth-order valence-electron chi connectivity index (χ4n) is 4.40. The molecule has 4 aromatic rings. The van der Waals surface area contributed by atoms with Crippen LogP contribution in [-0.2, 0) is 0 Å². The van der Waals surface area contributed by atoms with Crippen LogP contribution >= 0.6 is 0 Å². The van der Waals surface area contributed by atoms with E-state index in [0.717, 1.165) is 55.8 Å². The van der Waals surface area contributed by atoms with Crippen molar-refractivity contribution in [3.05, 3.63) is 125 Å². The van der Waals surface area contributed by atoms with Crippen LogP contribution in [0.4, 0.5) is 17.1 Å². The SMILES string of the molecule is [C-]#[N+]c1ccc(OCCCCOc2cc(OCCCCOc3ccc([N+]#[C-])cc3)cc(OCCCCOc3ccc([N+]#[C-])cc3)c2)cc1. The first-order valence-corrected chi connectivity index (χ1v) is 16.0. The van der Waals surface area contributed by atoms with Crippen molar-refractivity contribution in [3.8, 4) is 34.5 Å². The molecule has 0 aliphatic heterocycles. The van der Waals surface area contributed by atoms with E-state index in [-0.39, 0.29) is 0 Å². The van der Waals surface area contributed by atoms with Crippen LogP contribution in [0.5, 0.6) is 34.5 Å². The molecular weight excluding hydrogens is 606 g/mol. The molecule has 9 nitrogen and oxygen atoms in total. The minimum Gasteiger partial charge on any atom is -0.494 e. The summed E-state index contributed by atoms with van der Waals surface area (Å²) < 4.78 is 35.5. The average molecular weight is 646 g/mol. The molecule has 4 aromatic carbocycles. The molecule has 0 aliphatic carbocycles. The van der Waals surface area contributed by atoms with Crippen molar-refractivity contribution in [1.29, 1.82) is 0 Å². The molecule has 0 bridgehead atoms. The summed E-state index contributed by atoms with van der Waals surface area (Å²) in [6, 6.07) is 27.0. The second-order valence-corrected chi connectivity index (χ2v) is 10.7. The highest BCUT2D eigenvalue weighted by molar-refractivity contribution is 5.48. The van der Waals surface area contributed by atoms with Crippen LogP contribution in [0, 0.1) is 19.7 Å². The molecule has 9 heteroatoms. The molecular formula is C39H39N3O6. The Bertz CT molecular complexity index is 1440. The Hall–Kier alpha value is -5.85. The molecule has 0 fully saturated rings. The molecule has 0 spiro atoms. The molecule has 0 radical (unpaired) electrons. The van der Waals surface area contributed by atoms with Gasteiger partial charge < -0.3 is 28.4 Å². The number of ether oxygens (including phenoxy) is 6. The number of unbranched alkanes of at least 4 members (excludes halogenated alkanes) is 3. The van der Waals surface area contributed by atoms with E-state index < -0.39 is 0 Å². The molecule has 0 aliphatic rings. The zero-order valence-electron chi connectivity index (χ0n) is 26.9. The third kappa shape index (κ3) is 12.9. The minimum atomic E-state index is 0.519. The van der Waals surface area contributed by atoms with Crippen LogP contribution in [0.2, 0.25) is 0 Å². The third-order valence-electron chi connectivity index (χ3n) is 6.98. The van der Waals surface area contributed by atoms with Gasteiger partial charge in [0.05, 0.1) is 59.4 Å². The highest BCUT2D eigenvalue weighted by Crippen LogP contribution is 2.29. The van der Waals surface area contributed by atoms with Gasteiger partial charge in [-0.1, -0.05) is 36.4 Å². The van der Waals surface area contributed by atoms with Gasteiger partial charge in [-0.05, 0) is 74.9 Å². The lowest BCUT2D eigenvalue weighted by atomic mass is 10.2. The predicted molar refractivity (Wildman–Crippen MR) is 185 cm³/mol. The van der Waals surface area contributed by atoms with Crippen LogP contribution in [0.15, 0.2) is 91.0 Å². The summed E-state index contributed by atoms with van der Waals surface area (Å²) >= 11 is 0. The number of rotatable bonds is 21. The Morgan fingerprint density at radius 3 is 0.729 bits per heavy atom. The van der Waals surface area contributed by atoms with E-state index in [4.69, 9.17) is 48.1 Å². The van der Waals surface area contributed by atoms with Crippen molar-refractivity contribution < 1.29 is 28.4 Å². The van der Waals surface area contributed by atoms with Gasteiger partial charge in [-0.25, -0.2) is 14.5 Å². The van der Waals surface area contributed by atoms with Gasteiger partial charge in [0.25, 0.3) is 0 Å². The fourth-order valence-corrected chi connectivity index (χ4v) is 4.40. The third-order valence-corrected chi connectivity index (χ3v) is 6.98. The molecule has 246 valence electrons. The maximum absolute atomic E-state index is 7.05. The Morgan fingerprint density at radius 2 is 0.521 bits per heavy atom. The number of hydrogen-bond donors (Lipinski definition) is 0. The van der Waals surface area contributed by atoms with Crippen molar-refractivity contribution in [3.63, 3.8) is 0 Å². The van der Waals surface area contributed by atoms with Crippen LogP contribution in [0.25, 0.3) is 14.5 Å². The Balaban J connectivity index is 1.19. The van der Waals surface area contributed by atoms with Gasteiger partial charge in [0.2, 0.25) is 0 Å². The van der Waals surface area contributed by atoms with Crippen molar-refractivity contribution in [2.75, 3.05) is 39.6 Å². The molecule has 0 saturated carbocycles. The second-order valence-electron chi connectivity index (χ2n) is 10.7. The Morgan fingerprint density at radius 1 is 0.312 bits per heavy atom. The van der Waals surface area contributed by atoms with Gasteiger partial charge in [0.15, 0.2) is 17.1 Å². The van der Waals surface area contributed by atoms with E-state index in [0.29, 0.717) is 74.0 Å². The maximum atomic E-state index is 7.05. The molecule has 0 N–H and O–H groups in total. The van der Waals surface area contributed by atoms with Gasteiger partial charge in [0, 0.05) is 18.2 Å². The van der Waals surface area contributed by atoms with Gasteiger partial charge in [0.1, 0.15) is 34.5 Å². The maximum Gasteiger partial charge on any atom is 0.187 e. The second kappa shape index (κ2) is 20.3. The van der Waals surface area contributed by atoms with Gasteiger partial charge in [-0.2, -0.15) is 0 Å². The highest BCUT2D eigenvalue weighted by Gasteiger charge is 2.07. The minimum absolute atomic E-state index is 0.519. The lowest BCUT2D eigenvalue weighted by molar-refractivity contribution is 0.251. The van der Waals surface area contributed by atoms with Crippen LogP contribution in [-0.4, -0.2) is 39.6 Å². The summed E-state index contributed by atoms with van der Waals surface area (Å²) in [6.07, 6.45) is 4.89. The van der Waals surface area contributed by atoms with E-state index in [9.17, 15) is 0 Å².